The van der Waals surface area contributed by atoms with Gasteiger partial charge in [0.1, 0.15) is 5.82 Å². The van der Waals surface area contributed by atoms with Crippen molar-refractivity contribution in [2.45, 2.75) is 25.7 Å². The molecule has 0 saturated carbocycles. The second-order valence-corrected chi connectivity index (χ2v) is 8.26. The van der Waals surface area contributed by atoms with Crippen LogP contribution in [0.1, 0.15) is 34.2 Å². The molecule has 1 heterocycles. The quantitative estimate of drug-likeness (QED) is 0.438. The number of hydrogen-bond acceptors (Lipinski definition) is 1. The summed E-state index contributed by atoms with van der Waals surface area (Å²) < 4.78 is 13.2. The van der Waals surface area contributed by atoms with E-state index in [-0.39, 0.29) is 5.82 Å². The third-order valence-corrected chi connectivity index (χ3v) is 6.33. The van der Waals surface area contributed by atoms with Crippen molar-refractivity contribution in [2.24, 2.45) is 0 Å². The van der Waals surface area contributed by atoms with Crippen LogP contribution in [-0.4, -0.2) is 0 Å². The van der Waals surface area contributed by atoms with Gasteiger partial charge in [0.05, 0.1) is 0 Å². The van der Waals surface area contributed by atoms with Crippen LogP contribution in [-0.2, 0) is 19.3 Å². The van der Waals surface area contributed by atoms with E-state index < -0.39 is 0 Å². The topological polar surface area (TPSA) is 12.0 Å². The van der Waals surface area contributed by atoms with Crippen molar-refractivity contribution in [1.29, 1.82) is 0 Å². The minimum absolute atomic E-state index is 0.173. The number of nitrogens with one attached hydrogen (secondary N) is 1. The Kier molecular flexibility index (Phi) is 5.85. The van der Waals surface area contributed by atoms with Gasteiger partial charge in [0.15, 0.2) is 0 Å². The molecule has 1 nitrogen and oxygen atoms in total. The van der Waals surface area contributed by atoms with Crippen LogP contribution in [0.3, 0.4) is 0 Å². The summed E-state index contributed by atoms with van der Waals surface area (Å²) in [5.74, 6) is -0.173. The van der Waals surface area contributed by atoms with Crippen LogP contribution in [0.15, 0.2) is 97.4 Å². The van der Waals surface area contributed by atoms with E-state index in [1.165, 1.54) is 39.0 Å². The number of rotatable bonds is 1. The van der Waals surface area contributed by atoms with Gasteiger partial charge in [-0.1, -0.05) is 66.8 Å². The zero-order valence-electron chi connectivity index (χ0n) is 18.0. The van der Waals surface area contributed by atoms with Crippen LogP contribution in [0.5, 0.6) is 0 Å². The summed E-state index contributed by atoms with van der Waals surface area (Å²) in [5, 5.41) is 2.92. The number of aryl methyl sites for hydroxylation is 1. The van der Waals surface area contributed by atoms with Crippen molar-refractivity contribution in [3.05, 3.63) is 131 Å². The van der Waals surface area contributed by atoms with Crippen LogP contribution < -0.4 is 5.32 Å². The molecule has 3 aliphatic rings. The fourth-order valence-corrected chi connectivity index (χ4v) is 4.76. The first kappa shape index (κ1) is 20.3. The molecule has 0 aromatic heterocycles. The van der Waals surface area contributed by atoms with Crippen molar-refractivity contribution < 1.29 is 4.39 Å². The summed E-state index contributed by atoms with van der Waals surface area (Å²) in [6, 6.07) is 20.2. The van der Waals surface area contributed by atoms with E-state index in [9.17, 15) is 4.39 Å². The Hall–Kier alpha value is -3.65. The molecule has 0 unspecified atom stereocenters. The molecule has 3 aromatic rings. The van der Waals surface area contributed by atoms with E-state index in [0.717, 1.165) is 31.2 Å². The highest BCUT2D eigenvalue weighted by atomic mass is 19.1. The third kappa shape index (κ3) is 4.22. The predicted molar refractivity (Wildman–Crippen MR) is 132 cm³/mol. The van der Waals surface area contributed by atoms with Crippen molar-refractivity contribution >= 4 is 11.6 Å². The lowest BCUT2D eigenvalue weighted by molar-refractivity contribution is 0.627. The fourth-order valence-electron chi connectivity index (χ4n) is 4.76. The predicted octanol–water partition coefficient (Wildman–Crippen LogP) is 7.25. The van der Waals surface area contributed by atoms with Gasteiger partial charge in [0, 0.05) is 12.4 Å². The molecule has 0 radical (unpaired) electrons. The molecule has 0 atom stereocenters. The smallest absolute Gasteiger partial charge is 0.123 e. The van der Waals surface area contributed by atoms with Gasteiger partial charge in [-0.15, -0.1) is 0 Å². The molecule has 2 aliphatic carbocycles. The first-order valence-corrected chi connectivity index (χ1v) is 11.2. The van der Waals surface area contributed by atoms with Gasteiger partial charge < -0.3 is 5.32 Å². The first-order valence-electron chi connectivity index (χ1n) is 11.2. The van der Waals surface area contributed by atoms with E-state index in [1.807, 2.05) is 48.8 Å². The van der Waals surface area contributed by atoms with Gasteiger partial charge >= 0.3 is 0 Å². The van der Waals surface area contributed by atoms with E-state index in [2.05, 4.69) is 47.8 Å². The summed E-state index contributed by atoms with van der Waals surface area (Å²) in [6.07, 6.45) is 18.2. The summed E-state index contributed by atoms with van der Waals surface area (Å²) >= 11 is 0. The molecular formula is C30H26FN. The Labute approximate surface area is 189 Å². The second-order valence-electron chi connectivity index (χ2n) is 8.26. The van der Waals surface area contributed by atoms with Gasteiger partial charge in [0.25, 0.3) is 0 Å². The number of halogens is 1. The monoisotopic (exact) mass is 419 g/mol. The van der Waals surface area contributed by atoms with Crippen molar-refractivity contribution in [3.8, 4) is 11.1 Å². The minimum Gasteiger partial charge on any atom is -0.368 e. The Bertz CT molecular complexity index is 1230. The average Bonchev–Trinajstić information content (AvgIpc) is 3.17. The largest absolute Gasteiger partial charge is 0.368 e. The average molecular weight is 420 g/mol. The van der Waals surface area contributed by atoms with E-state index in [4.69, 9.17) is 0 Å². The maximum atomic E-state index is 13.2. The normalized spacial score (nSPS) is 15.2. The maximum absolute atomic E-state index is 13.2. The Balaban J connectivity index is 0.000000265. The Morgan fingerprint density at radius 1 is 0.625 bits per heavy atom. The summed E-state index contributed by atoms with van der Waals surface area (Å²) in [7, 11) is 0. The van der Waals surface area contributed by atoms with E-state index >= 15 is 0 Å². The molecule has 158 valence electrons. The van der Waals surface area contributed by atoms with Gasteiger partial charge in [-0.3, -0.25) is 0 Å². The molecular weight excluding hydrogens is 393 g/mol. The Morgan fingerprint density at radius 3 is 2.19 bits per heavy atom. The van der Waals surface area contributed by atoms with Crippen LogP contribution in [0, 0.1) is 5.82 Å². The second kappa shape index (κ2) is 9.23. The number of allylic oxidation sites excluding steroid dienone is 5. The lowest BCUT2D eigenvalue weighted by Crippen LogP contribution is -2.10. The first-order chi connectivity index (χ1) is 15.8. The third-order valence-electron chi connectivity index (χ3n) is 6.33. The lowest BCUT2D eigenvalue weighted by atomic mass is 9.78. The summed E-state index contributed by atoms with van der Waals surface area (Å²) in [5.41, 5.74) is 11.1. The van der Waals surface area contributed by atoms with Crippen LogP contribution >= 0.6 is 0 Å². The van der Waals surface area contributed by atoms with Crippen molar-refractivity contribution in [3.63, 3.8) is 0 Å². The minimum atomic E-state index is -0.173. The molecule has 0 spiro atoms. The van der Waals surface area contributed by atoms with Crippen molar-refractivity contribution in [2.75, 3.05) is 0 Å². The molecule has 0 fully saturated rings. The molecule has 1 aliphatic heterocycles. The molecule has 0 saturated heterocycles. The van der Waals surface area contributed by atoms with Gasteiger partial charge in [0.2, 0.25) is 0 Å². The van der Waals surface area contributed by atoms with Gasteiger partial charge in [-0.2, -0.15) is 0 Å². The zero-order chi connectivity index (χ0) is 21.8. The van der Waals surface area contributed by atoms with Gasteiger partial charge in [-0.25, -0.2) is 4.39 Å². The highest BCUT2D eigenvalue weighted by Crippen LogP contribution is 2.40. The van der Waals surface area contributed by atoms with Crippen LogP contribution in [0.4, 0.5) is 4.39 Å². The van der Waals surface area contributed by atoms with E-state index in [0.29, 0.717) is 0 Å². The maximum Gasteiger partial charge on any atom is 0.123 e. The molecule has 2 heteroatoms. The van der Waals surface area contributed by atoms with E-state index in [1.54, 1.807) is 12.1 Å². The standard InChI is InChI=1S/C24H19F.C6H7N/c25-20-10-5-16(6-11-20)18-8-12-22-19(15-18)9-14-23-21-4-2-1-3-17(21)7-13-24(22)23;1-2-4-6-7-5-3-1/h1-6,9-11,14-15H,7-8,12-13H2;1-7H. The number of benzene rings is 3. The zero-order valence-corrected chi connectivity index (χ0v) is 18.0. The fraction of sp³-hybridized carbons (Fsp3) is 0.133. The van der Waals surface area contributed by atoms with Crippen molar-refractivity contribution in [1.82, 2.24) is 5.32 Å². The highest BCUT2D eigenvalue weighted by molar-refractivity contribution is 5.87. The molecule has 32 heavy (non-hydrogen) atoms. The lowest BCUT2D eigenvalue weighted by Gasteiger charge is -2.26. The van der Waals surface area contributed by atoms with Gasteiger partial charge in [-0.05, 0) is 94.5 Å². The Morgan fingerprint density at radius 2 is 1.38 bits per heavy atom. The molecule has 3 aromatic carbocycles. The SMILES string of the molecule is C1=CC=CNC=C1.Fc1ccc(C2=Cc3ccc4c(c3CC2)CCc2ccccc2-4)cc1. The molecule has 0 amide bonds. The van der Waals surface area contributed by atoms with Crippen LogP contribution in [0.2, 0.25) is 0 Å². The number of fused-ring (bicyclic) bond motifs is 5. The van der Waals surface area contributed by atoms with Crippen LogP contribution in [0.25, 0.3) is 22.8 Å². The molecule has 6 rings (SSSR count). The molecule has 1 N–H and O–H groups in total. The molecule has 0 bridgehead atoms. The highest BCUT2D eigenvalue weighted by Gasteiger charge is 2.22. The summed E-state index contributed by atoms with van der Waals surface area (Å²) in [4.78, 5) is 0. The summed E-state index contributed by atoms with van der Waals surface area (Å²) in [6.45, 7) is 0. The number of hydrogen-bond donors (Lipinski definition) is 1.